The predicted molar refractivity (Wildman–Crippen MR) is 593 cm³/mol. The van der Waals surface area contributed by atoms with E-state index < -0.39 is 0 Å². The molecule has 0 aliphatic heterocycles. The maximum absolute atomic E-state index is 2.38. The molecule has 0 radical (unpaired) electrons. The van der Waals surface area contributed by atoms with Gasteiger partial charge < -0.3 is 0 Å². The maximum Gasteiger partial charge on any atom is -0.00201 e. The molecule has 0 saturated heterocycles. The van der Waals surface area contributed by atoms with Gasteiger partial charge in [-0.15, -0.1) is 0 Å². The minimum Gasteiger partial charge on any atom is -0.0622 e. The van der Waals surface area contributed by atoms with E-state index in [1.807, 2.05) is 0 Å². The van der Waals surface area contributed by atoms with Crippen LogP contribution in [0.2, 0.25) is 0 Å². The molecule has 26 rings (SSSR count). The van der Waals surface area contributed by atoms with Gasteiger partial charge in [-0.25, -0.2) is 0 Å². The Morgan fingerprint density at radius 2 is 0.225 bits per heavy atom. The van der Waals surface area contributed by atoms with Crippen LogP contribution in [0.5, 0.6) is 0 Å². The zero-order valence-corrected chi connectivity index (χ0v) is 76.1. The quantitative estimate of drug-likeness (QED) is 0.0752. The van der Waals surface area contributed by atoms with Gasteiger partial charge in [-0.1, -0.05) is 546 Å². The van der Waals surface area contributed by atoms with E-state index in [2.05, 4.69) is 558 Å². The van der Waals surface area contributed by atoms with Gasteiger partial charge in [-0.05, 0) is 265 Å². The second-order valence-corrected chi connectivity index (χ2v) is 35.7. The van der Waals surface area contributed by atoms with Crippen molar-refractivity contribution in [3.63, 3.8) is 0 Å². The van der Waals surface area contributed by atoms with Crippen molar-refractivity contribution in [3.8, 4) is 156 Å². The fourth-order valence-corrected chi connectivity index (χ4v) is 21.6. The van der Waals surface area contributed by atoms with Crippen LogP contribution in [0.15, 0.2) is 558 Å². The molecule has 0 heteroatoms. The van der Waals surface area contributed by atoms with Crippen LogP contribution in [-0.4, -0.2) is 0 Å². The van der Waals surface area contributed by atoms with E-state index >= 15 is 0 Å². The molecule has 26 aromatic carbocycles. The van der Waals surface area contributed by atoms with Crippen LogP contribution >= 0.6 is 0 Å². The van der Waals surface area contributed by atoms with E-state index in [0.717, 1.165) is 0 Å². The summed E-state index contributed by atoms with van der Waals surface area (Å²) in [5.41, 5.74) is 34.8. The first-order valence-electron chi connectivity index (χ1n) is 47.8. The molecule has 0 aliphatic carbocycles. The van der Waals surface area contributed by atoms with Crippen LogP contribution in [0.25, 0.3) is 253 Å². The zero-order valence-electron chi connectivity index (χ0n) is 76.1. The summed E-state index contributed by atoms with van der Waals surface area (Å²) >= 11 is 0. The third kappa shape index (κ3) is 15.5. The summed E-state index contributed by atoms with van der Waals surface area (Å²) < 4.78 is 0. The summed E-state index contributed by atoms with van der Waals surface area (Å²) in [4.78, 5) is 0. The zero-order chi connectivity index (χ0) is 91.6. The summed E-state index contributed by atoms with van der Waals surface area (Å²) in [7, 11) is 0. The summed E-state index contributed by atoms with van der Waals surface area (Å²) in [6.45, 7) is 0. The highest BCUT2D eigenvalue weighted by molar-refractivity contribution is 6.28. The minimum atomic E-state index is 1.21. The van der Waals surface area contributed by atoms with Crippen LogP contribution in [0.4, 0.5) is 0 Å². The molecule has 0 aliphatic rings. The van der Waals surface area contributed by atoms with Crippen LogP contribution < -0.4 is 0 Å². The minimum absolute atomic E-state index is 1.21. The molecule has 0 heterocycles. The highest BCUT2D eigenvalue weighted by Gasteiger charge is 2.25. The topological polar surface area (TPSA) is 0 Å². The summed E-state index contributed by atoms with van der Waals surface area (Å²) in [5.74, 6) is 0. The normalized spacial score (nSPS) is 11.3. The van der Waals surface area contributed by atoms with Gasteiger partial charge in [0.05, 0.1) is 0 Å². The standard InChI is InChI=1S/C50H32.2C44H30/c1-2-14-34(15-3-1)37-16-4-9-21-43(37)50-46-24-12-10-22-44(46)49(45-23-11-13-25-47(45)50)35-28-26-33(27-29-35)36-30-31-42-40-19-6-5-17-38(40)39-18-7-8-20-41(39)48(42)32-36;1-3-15-31(16-4-1)32-27-29-34(30-28-32)36-20-8-10-22-38(36)44-41-25-13-11-23-39(41)43(40-24-12-14-26-42(40)44)37-21-9-7-19-35(37)33-17-5-2-6-18-33;1-3-14-31(15-4-1)32-26-28-33(29-27-32)35-18-13-19-36(30-35)43-39-22-9-11-24-41(39)44(42-25-12-10-23-40(42)43)38-21-8-7-20-37(38)34-16-5-2-6-17-34/h1-32H;2*1-30H. The molecule has 0 saturated carbocycles. The average molecular weight is 1750 g/mol. The molecule has 26 aromatic rings. The summed E-state index contributed by atoms with van der Waals surface area (Å²) in [6.07, 6.45) is 0. The first-order chi connectivity index (χ1) is 68.5. The molecule has 0 bridgehead atoms. The van der Waals surface area contributed by atoms with E-state index in [0.29, 0.717) is 0 Å². The average Bonchev–Trinajstić information content (AvgIpc) is 0.734. The van der Waals surface area contributed by atoms with Crippen LogP contribution in [0.1, 0.15) is 0 Å². The lowest BCUT2D eigenvalue weighted by Gasteiger charge is -2.21. The molecular weight excluding hydrogens is 1660 g/mol. The van der Waals surface area contributed by atoms with E-state index in [1.54, 1.807) is 0 Å². The Morgan fingerprint density at radius 3 is 0.514 bits per heavy atom. The third-order valence-corrected chi connectivity index (χ3v) is 27.9. The Bertz CT molecular complexity index is 8850. The van der Waals surface area contributed by atoms with Crippen molar-refractivity contribution in [3.05, 3.63) is 558 Å². The smallest absolute Gasteiger partial charge is 0.00201 e. The second kappa shape index (κ2) is 36.9. The lowest BCUT2D eigenvalue weighted by atomic mass is 9.82. The van der Waals surface area contributed by atoms with Crippen molar-refractivity contribution in [1.29, 1.82) is 0 Å². The van der Waals surface area contributed by atoms with Crippen molar-refractivity contribution in [2.45, 2.75) is 0 Å². The third-order valence-electron chi connectivity index (χ3n) is 27.9. The van der Waals surface area contributed by atoms with Gasteiger partial charge in [-0.3, -0.25) is 0 Å². The van der Waals surface area contributed by atoms with Crippen LogP contribution in [-0.2, 0) is 0 Å². The van der Waals surface area contributed by atoms with Crippen molar-refractivity contribution in [1.82, 2.24) is 0 Å². The maximum atomic E-state index is 2.38. The van der Waals surface area contributed by atoms with Crippen molar-refractivity contribution < 1.29 is 0 Å². The summed E-state index contributed by atoms with van der Waals surface area (Å²) in [6, 6.07) is 203. The van der Waals surface area contributed by atoms with Gasteiger partial charge in [0, 0.05) is 0 Å². The van der Waals surface area contributed by atoms with Gasteiger partial charge in [0.25, 0.3) is 0 Å². The molecule has 644 valence electrons. The Kier molecular flexibility index (Phi) is 22.2. The molecule has 0 spiro atoms. The number of benzene rings is 26. The van der Waals surface area contributed by atoms with E-state index in [1.165, 1.54) is 253 Å². The number of fused-ring (bicyclic) bond motifs is 12. The highest BCUT2D eigenvalue weighted by atomic mass is 14.3. The molecule has 0 N–H and O–H groups in total. The molecule has 0 aromatic heterocycles. The van der Waals surface area contributed by atoms with Crippen LogP contribution in [0, 0.1) is 0 Å². The first kappa shape index (κ1) is 83.2. The van der Waals surface area contributed by atoms with Gasteiger partial charge in [0.2, 0.25) is 0 Å². The Hall–Kier alpha value is -17.9. The van der Waals surface area contributed by atoms with Crippen molar-refractivity contribution >= 4 is 97.0 Å². The molecule has 138 heavy (non-hydrogen) atoms. The molecule has 0 unspecified atom stereocenters. The van der Waals surface area contributed by atoms with Gasteiger partial charge in [-0.2, -0.15) is 0 Å². The Balaban J connectivity index is 0.000000113. The van der Waals surface area contributed by atoms with Crippen molar-refractivity contribution in [2.75, 3.05) is 0 Å². The monoisotopic (exact) mass is 1750 g/mol. The molecule has 0 fully saturated rings. The molecule has 0 atom stereocenters. The van der Waals surface area contributed by atoms with Crippen molar-refractivity contribution in [2.24, 2.45) is 0 Å². The van der Waals surface area contributed by atoms with Crippen LogP contribution in [0.3, 0.4) is 0 Å². The lowest BCUT2D eigenvalue weighted by Crippen LogP contribution is -1.94. The molecule has 0 nitrogen and oxygen atoms in total. The van der Waals surface area contributed by atoms with E-state index in [9.17, 15) is 0 Å². The van der Waals surface area contributed by atoms with Gasteiger partial charge >= 0.3 is 0 Å². The largest absolute Gasteiger partial charge is 0.0622 e. The second-order valence-electron chi connectivity index (χ2n) is 35.7. The highest BCUT2D eigenvalue weighted by Crippen LogP contribution is 2.53. The fourth-order valence-electron chi connectivity index (χ4n) is 21.6. The number of rotatable bonds is 14. The van der Waals surface area contributed by atoms with Gasteiger partial charge in [0.15, 0.2) is 0 Å². The number of hydrogen-bond donors (Lipinski definition) is 0. The Labute approximate surface area is 804 Å². The fraction of sp³-hybridized carbons (Fsp3) is 0. The van der Waals surface area contributed by atoms with E-state index in [-0.39, 0.29) is 0 Å². The molecule has 0 amide bonds. The SMILES string of the molecule is c1ccc(-c2ccc(-c3cccc(-c4c5ccccc5c(-c5ccccc5-c5ccccc5)c5ccccc45)c3)cc2)cc1.c1ccc(-c2ccc(-c3ccccc3-c3c4ccccc4c(-c4ccccc4-c4ccccc4)c4ccccc34)cc2)cc1.c1ccc(-c2ccccc2-c2c3ccccc3c(-c3ccc(-c4ccc5c6ccccc6c6ccccc6c5c4)cc3)c3ccccc23)cc1. The lowest BCUT2D eigenvalue weighted by molar-refractivity contribution is 1.58. The number of hydrogen-bond acceptors (Lipinski definition) is 0. The summed E-state index contributed by atoms with van der Waals surface area (Å²) in [5, 5.41) is 23.0. The Morgan fingerprint density at radius 1 is 0.0652 bits per heavy atom. The molecular formula is C138H92. The first-order valence-corrected chi connectivity index (χ1v) is 47.8. The predicted octanol–water partition coefficient (Wildman–Crippen LogP) is 38.8. The van der Waals surface area contributed by atoms with Gasteiger partial charge in [0.1, 0.15) is 0 Å². The van der Waals surface area contributed by atoms with E-state index in [4.69, 9.17) is 0 Å².